The summed E-state index contributed by atoms with van der Waals surface area (Å²) in [6, 6.07) is 9.99. The molecule has 1 fully saturated rings. The van der Waals surface area contributed by atoms with E-state index in [9.17, 15) is 4.79 Å². The minimum atomic E-state index is 0.0524. The minimum Gasteiger partial charge on any atom is -0.496 e. The van der Waals surface area contributed by atoms with Crippen LogP contribution in [0.1, 0.15) is 48.7 Å². The number of carbonyl (C=O) groups excluding carboxylic acids is 1. The summed E-state index contributed by atoms with van der Waals surface area (Å²) in [7, 11) is 1.64. The first-order valence-corrected chi connectivity index (χ1v) is 9.23. The second-order valence-corrected chi connectivity index (χ2v) is 6.75. The summed E-state index contributed by atoms with van der Waals surface area (Å²) in [6.07, 6.45) is 3.89. The molecule has 0 aliphatic carbocycles. The molecule has 1 aliphatic rings. The molecule has 0 spiro atoms. The van der Waals surface area contributed by atoms with Crippen LogP contribution < -0.4 is 10.1 Å². The highest BCUT2D eigenvalue weighted by Gasteiger charge is 2.26. The van der Waals surface area contributed by atoms with E-state index in [0.29, 0.717) is 13.0 Å². The Labute approximate surface area is 154 Å². The van der Waals surface area contributed by atoms with Crippen LogP contribution in [-0.4, -0.2) is 36.2 Å². The molecule has 1 aromatic carbocycles. The lowest BCUT2D eigenvalue weighted by Crippen LogP contribution is -2.36. The molecule has 6 nitrogen and oxygen atoms in total. The molecule has 3 rings (SSSR count). The summed E-state index contributed by atoms with van der Waals surface area (Å²) < 4.78 is 10.6. The normalized spacial score (nSPS) is 17.8. The average Bonchev–Trinajstić information content (AvgIpc) is 3.11. The molecule has 0 bridgehead atoms. The Morgan fingerprint density at radius 3 is 3.00 bits per heavy atom. The van der Waals surface area contributed by atoms with Crippen molar-refractivity contribution < 1.29 is 14.1 Å². The third kappa shape index (κ3) is 4.64. The van der Waals surface area contributed by atoms with Crippen molar-refractivity contribution in [3.8, 4) is 5.75 Å². The number of hydrogen-bond acceptors (Lipinski definition) is 5. The molecule has 2 heterocycles. The van der Waals surface area contributed by atoms with Gasteiger partial charge >= 0.3 is 0 Å². The standard InChI is InChI=1S/C20H27N3O3/c1-15-13-17(22-26-15)18-8-5-6-11-23(18)12-10-20(24)21-14-16-7-3-4-9-19(16)25-2/h3-4,7,9,13,18H,5-6,8,10-12,14H2,1-2H3,(H,21,24)/t18-/m1/s1. The van der Waals surface area contributed by atoms with Gasteiger partial charge in [-0.1, -0.05) is 29.8 Å². The number of nitrogens with one attached hydrogen (secondary N) is 1. The molecular formula is C20H27N3O3. The summed E-state index contributed by atoms with van der Waals surface area (Å²) in [5.74, 6) is 1.68. The fraction of sp³-hybridized carbons (Fsp3) is 0.500. The first kappa shape index (κ1) is 18.5. The number of ether oxygens (including phenoxy) is 1. The van der Waals surface area contributed by atoms with Crippen LogP contribution in [-0.2, 0) is 11.3 Å². The van der Waals surface area contributed by atoms with Gasteiger partial charge in [0.1, 0.15) is 17.2 Å². The number of para-hydroxylation sites is 1. The third-order valence-electron chi connectivity index (χ3n) is 4.90. The highest BCUT2D eigenvalue weighted by Crippen LogP contribution is 2.30. The zero-order valence-corrected chi connectivity index (χ0v) is 15.5. The van der Waals surface area contributed by atoms with Gasteiger partial charge in [0.05, 0.1) is 13.2 Å². The van der Waals surface area contributed by atoms with Crippen molar-refractivity contribution in [3.63, 3.8) is 0 Å². The fourth-order valence-corrected chi connectivity index (χ4v) is 3.51. The van der Waals surface area contributed by atoms with E-state index >= 15 is 0 Å². The molecular weight excluding hydrogens is 330 g/mol. The van der Waals surface area contributed by atoms with Crippen LogP contribution in [0.2, 0.25) is 0 Å². The Morgan fingerprint density at radius 2 is 2.23 bits per heavy atom. The Morgan fingerprint density at radius 1 is 1.38 bits per heavy atom. The summed E-state index contributed by atoms with van der Waals surface area (Å²) >= 11 is 0. The van der Waals surface area contributed by atoms with Gasteiger partial charge in [0.15, 0.2) is 0 Å². The number of nitrogens with zero attached hydrogens (tertiary/aromatic N) is 2. The van der Waals surface area contributed by atoms with Gasteiger partial charge < -0.3 is 14.6 Å². The molecule has 0 unspecified atom stereocenters. The molecule has 1 aliphatic heterocycles. The molecule has 0 saturated carbocycles. The molecule has 1 aromatic heterocycles. The van der Waals surface area contributed by atoms with Crippen molar-refractivity contribution in [2.75, 3.05) is 20.2 Å². The van der Waals surface area contributed by atoms with Gasteiger partial charge in [0.25, 0.3) is 0 Å². The summed E-state index contributed by atoms with van der Waals surface area (Å²) in [5, 5.41) is 7.17. The van der Waals surface area contributed by atoms with Gasteiger partial charge in [-0.25, -0.2) is 0 Å². The van der Waals surface area contributed by atoms with Crippen LogP contribution in [0.25, 0.3) is 0 Å². The van der Waals surface area contributed by atoms with E-state index in [1.807, 2.05) is 37.3 Å². The maximum absolute atomic E-state index is 12.3. The Bertz CT molecular complexity index is 729. The number of methoxy groups -OCH3 is 1. The summed E-state index contributed by atoms with van der Waals surface area (Å²) in [6.45, 7) is 4.12. The van der Waals surface area contributed by atoms with Crippen molar-refractivity contribution in [2.45, 2.75) is 45.2 Å². The Balaban J connectivity index is 1.51. The maximum Gasteiger partial charge on any atom is 0.221 e. The maximum atomic E-state index is 12.3. The van der Waals surface area contributed by atoms with E-state index in [4.69, 9.17) is 9.26 Å². The van der Waals surface area contributed by atoms with Crippen LogP contribution in [0.5, 0.6) is 5.75 Å². The van der Waals surface area contributed by atoms with E-state index in [2.05, 4.69) is 15.4 Å². The van der Waals surface area contributed by atoms with Gasteiger partial charge in [-0.2, -0.15) is 0 Å². The van der Waals surface area contributed by atoms with Crippen LogP contribution >= 0.6 is 0 Å². The van der Waals surface area contributed by atoms with E-state index in [-0.39, 0.29) is 11.9 Å². The number of amides is 1. The number of likely N-dealkylation sites (tertiary alicyclic amines) is 1. The monoisotopic (exact) mass is 357 g/mol. The number of rotatable bonds is 7. The highest BCUT2D eigenvalue weighted by atomic mass is 16.5. The van der Waals surface area contributed by atoms with Crippen molar-refractivity contribution in [1.29, 1.82) is 0 Å². The van der Waals surface area contributed by atoms with Crippen molar-refractivity contribution in [2.24, 2.45) is 0 Å². The number of aromatic nitrogens is 1. The minimum absolute atomic E-state index is 0.0524. The summed E-state index contributed by atoms with van der Waals surface area (Å²) in [5.41, 5.74) is 1.97. The van der Waals surface area contributed by atoms with Gasteiger partial charge in [-0.15, -0.1) is 0 Å². The lowest BCUT2D eigenvalue weighted by molar-refractivity contribution is -0.121. The fourth-order valence-electron chi connectivity index (χ4n) is 3.51. The van der Waals surface area contributed by atoms with E-state index in [1.54, 1.807) is 7.11 Å². The van der Waals surface area contributed by atoms with Gasteiger partial charge in [-0.3, -0.25) is 9.69 Å². The lowest BCUT2D eigenvalue weighted by atomic mass is 9.99. The highest BCUT2D eigenvalue weighted by molar-refractivity contribution is 5.76. The van der Waals surface area contributed by atoms with Crippen LogP contribution in [0.4, 0.5) is 0 Å². The predicted octanol–water partition coefficient (Wildman–Crippen LogP) is 3.23. The molecule has 1 amide bonds. The average molecular weight is 357 g/mol. The molecule has 26 heavy (non-hydrogen) atoms. The van der Waals surface area contributed by atoms with Crippen LogP contribution in [0.15, 0.2) is 34.9 Å². The second-order valence-electron chi connectivity index (χ2n) is 6.75. The Kier molecular flexibility index (Phi) is 6.28. The number of carbonyl (C=O) groups is 1. The molecule has 1 saturated heterocycles. The van der Waals surface area contributed by atoms with E-state index < -0.39 is 0 Å². The quantitative estimate of drug-likeness (QED) is 0.824. The van der Waals surface area contributed by atoms with Gasteiger partial charge in [0.2, 0.25) is 5.91 Å². The number of piperidine rings is 1. The van der Waals surface area contributed by atoms with Crippen LogP contribution in [0, 0.1) is 6.92 Å². The smallest absolute Gasteiger partial charge is 0.221 e. The van der Waals surface area contributed by atoms with Crippen molar-refractivity contribution in [3.05, 3.63) is 47.3 Å². The Hall–Kier alpha value is -2.34. The van der Waals surface area contributed by atoms with Gasteiger partial charge in [0, 0.05) is 31.1 Å². The van der Waals surface area contributed by atoms with E-state index in [1.165, 1.54) is 6.42 Å². The van der Waals surface area contributed by atoms with E-state index in [0.717, 1.165) is 48.7 Å². The SMILES string of the molecule is COc1ccccc1CNC(=O)CCN1CCCC[C@@H]1c1cc(C)on1. The molecule has 140 valence electrons. The summed E-state index contributed by atoms with van der Waals surface area (Å²) in [4.78, 5) is 14.6. The first-order valence-electron chi connectivity index (χ1n) is 9.23. The molecule has 1 atom stereocenters. The number of hydrogen-bond donors (Lipinski definition) is 1. The number of aryl methyl sites for hydroxylation is 1. The topological polar surface area (TPSA) is 67.6 Å². The van der Waals surface area contributed by atoms with Crippen molar-refractivity contribution >= 4 is 5.91 Å². The molecule has 1 N–H and O–H groups in total. The lowest BCUT2D eigenvalue weighted by Gasteiger charge is -2.34. The van der Waals surface area contributed by atoms with Crippen molar-refractivity contribution in [1.82, 2.24) is 15.4 Å². The zero-order chi connectivity index (χ0) is 18.4. The zero-order valence-electron chi connectivity index (χ0n) is 15.5. The predicted molar refractivity (Wildman–Crippen MR) is 98.9 cm³/mol. The van der Waals surface area contributed by atoms with Gasteiger partial charge in [-0.05, 0) is 32.4 Å². The molecule has 0 radical (unpaired) electrons. The number of benzene rings is 1. The molecule has 2 aromatic rings. The third-order valence-corrected chi connectivity index (χ3v) is 4.90. The largest absolute Gasteiger partial charge is 0.496 e. The first-order chi connectivity index (χ1) is 12.7. The van der Waals surface area contributed by atoms with Crippen LogP contribution in [0.3, 0.4) is 0 Å². The molecule has 6 heteroatoms. The second kappa shape index (κ2) is 8.85.